The Bertz CT molecular complexity index is 1320. The van der Waals surface area contributed by atoms with E-state index in [0.29, 0.717) is 11.3 Å². The van der Waals surface area contributed by atoms with Crippen LogP contribution in [0, 0.1) is 0 Å². The molecule has 0 fully saturated rings. The van der Waals surface area contributed by atoms with Gasteiger partial charge in [0.25, 0.3) is 11.8 Å². The lowest BCUT2D eigenvalue weighted by Gasteiger charge is -2.35. The molecular formula is C28H35N5O13. The van der Waals surface area contributed by atoms with Gasteiger partial charge in [-0.15, -0.1) is 0 Å². The monoisotopic (exact) mass is 649 g/mol. The normalized spacial score (nSPS) is 14.1. The summed E-state index contributed by atoms with van der Waals surface area (Å²) in [4.78, 5) is 96.5. The van der Waals surface area contributed by atoms with Gasteiger partial charge in [0.1, 0.15) is 0 Å². The molecule has 0 aromatic heterocycles. The van der Waals surface area contributed by atoms with Gasteiger partial charge in [0.2, 0.25) is 11.9 Å². The average Bonchev–Trinajstić information content (AvgIpc) is 3.26. The van der Waals surface area contributed by atoms with Crippen molar-refractivity contribution in [3.05, 3.63) is 42.0 Å². The van der Waals surface area contributed by atoms with Gasteiger partial charge in [-0.25, -0.2) is 9.59 Å². The van der Waals surface area contributed by atoms with E-state index in [1.54, 1.807) is 12.1 Å². The Balaban J connectivity index is 2.22. The van der Waals surface area contributed by atoms with Crippen LogP contribution in [-0.4, -0.2) is 145 Å². The second-order valence-corrected chi connectivity index (χ2v) is 10.5. The lowest BCUT2D eigenvalue weighted by molar-refractivity contribution is -0.152. The molecule has 250 valence electrons. The van der Waals surface area contributed by atoms with Gasteiger partial charge < -0.3 is 30.8 Å². The number of carbonyl (C=O) groups excluding carboxylic acids is 3. The van der Waals surface area contributed by atoms with Crippen molar-refractivity contribution in [1.29, 1.82) is 0 Å². The highest BCUT2D eigenvalue weighted by Crippen LogP contribution is 2.16. The summed E-state index contributed by atoms with van der Waals surface area (Å²) in [6.07, 6.45) is 2.07. The van der Waals surface area contributed by atoms with Crippen LogP contribution in [0.5, 0.6) is 0 Å². The Hall–Kier alpha value is -5.20. The third-order valence-corrected chi connectivity index (χ3v) is 6.67. The van der Waals surface area contributed by atoms with Gasteiger partial charge in [0.15, 0.2) is 0 Å². The van der Waals surface area contributed by atoms with Crippen molar-refractivity contribution >= 4 is 53.3 Å². The number of carboxylic acids is 5. The number of hydrogen-bond donors (Lipinski definition) is 7. The minimum Gasteiger partial charge on any atom is -0.480 e. The fourth-order valence-electron chi connectivity index (χ4n) is 4.72. The first-order valence-corrected chi connectivity index (χ1v) is 13.8. The topological polar surface area (TPSA) is 271 Å². The number of rotatable bonds is 21. The van der Waals surface area contributed by atoms with E-state index in [4.69, 9.17) is 10.2 Å². The molecule has 1 heterocycles. The van der Waals surface area contributed by atoms with E-state index in [1.165, 1.54) is 24.0 Å². The van der Waals surface area contributed by atoms with Gasteiger partial charge >= 0.3 is 29.8 Å². The standard InChI is InChI=1S/C28H35N5O13/c1-16(29-26(27(43)44)28(45)46)11-31(13-23(37)38)12-19(32(14-24(39)40)15-25(41)42)10-17-2-4-18(5-3-17)30-20(34)8-9-33-21(35)6-7-22(33)36/h2-7,16,19,26,29H,8-15H2,1H3,(H,30,34)(H,37,38)(H,39,40)(H,41,42)(H,43,44)(H,45,46). The molecule has 1 aromatic carbocycles. The minimum absolute atomic E-state index is 0.0196. The van der Waals surface area contributed by atoms with Gasteiger partial charge in [-0.3, -0.25) is 48.8 Å². The van der Waals surface area contributed by atoms with E-state index in [2.05, 4.69) is 10.6 Å². The molecule has 46 heavy (non-hydrogen) atoms. The van der Waals surface area contributed by atoms with Crippen molar-refractivity contribution in [2.45, 2.75) is 37.9 Å². The number of aliphatic carboxylic acids is 5. The lowest BCUT2D eigenvalue weighted by atomic mass is 10.0. The number of anilines is 1. The number of imide groups is 1. The Morgan fingerprint density at radius 1 is 0.783 bits per heavy atom. The van der Waals surface area contributed by atoms with E-state index >= 15 is 0 Å². The number of nitrogens with zero attached hydrogens (tertiary/aromatic N) is 3. The summed E-state index contributed by atoms with van der Waals surface area (Å²) in [6.45, 7) is -1.12. The van der Waals surface area contributed by atoms with E-state index in [0.717, 1.165) is 22.0 Å². The summed E-state index contributed by atoms with van der Waals surface area (Å²) < 4.78 is 0. The van der Waals surface area contributed by atoms with Gasteiger partial charge in [0, 0.05) is 56.0 Å². The zero-order valence-electron chi connectivity index (χ0n) is 24.7. The Labute approximate surface area is 261 Å². The predicted molar refractivity (Wildman–Crippen MR) is 156 cm³/mol. The summed E-state index contributed by atoms with van der Waals surface area (Å²) in [5.74, 6) is -8.83. The van der Waals surface area contributed by atoms with Crippen molar-refractivity contribution in [3.8, 4) is 0 Å². The molecule has 18 heteroatoms. The predicted octanol–water partition coefficient (Wildman–Crippen LogP) is -1.77. The molecule has 1 aromatic rings. The Morgan fingerprint density at radius 3 is 1.78 bits per heavy atom. The maximum atomic E-state index is 12.4. The third-order valence-electron chi connectivity index (χ3n) is 6.67. The van der Waals surface area contributed by atoms with Gasteiger partial charge in [-0.2, -0.15) is 0 Å². The van der Waals surface area contributed by atoms with E-state index < -0.39 is 85.3 Å². The lowest BCUT2D eigenvalue weighted by Crippen LogP contribution is -2.54. The maximum Gasteiger partial charge on any atom is 0.332 e. The molecule has 3 amide bonds. The van der Waals surface area contributed by atoms with Crippen LogP contribution in [0.2, 0.25) is 0 Å². The molecule has 2 atom stereocenters. The van der Waals surface area contributed by atoms with Crippen LogP contribution in [-0.2, 0) is 44.8 Å². The van der Waals surface area contributed by atoms with Crippen molar-refractivity contribution in [1.82, 2.24) is 20.0 Å². The molecule has 18 nitrogen and oxygen atoms in total. The number of carboxylic acid groups (broad SMARTS) is 5. The fourth-order valence-corrected chi connectivity index (χ4v) is 4.72. The van der Waals surface area contributed by atoms with Gasteiger partial charge in [0.05, 0.1) is 19.6 Å². The smallest absolute Gasteiger partial charge is 0.332 e. The van der Waals surface area contributed by atoms with Crippen LogP contribution >= 0.6 is 0 Å². The zero-order valence-corrected chi connectivity index (χ0v) is 24.7. The SMILES string of the molecule is CC(CN(CC(=O)O)CC(Cc1ccc(NC(=O)CCN2C(=O)C=CC2=O)cc1)N(CC(=O)O)CC(=O)O)NC(C(=O)O)C(=O)O. The summed E-state index contributed by atoms with van der Waals surface area (Å²) in [5, 5.41) is 51.7. The van der Waals surface area contributed by atoms with Crippen molar-refractivity contribution in [2.75, 3.05) is 44.6 Å². The number of carbonyl (C=O) groups is 8. The molecule has 0 saturated heterocycles. The van der Waals surface area contributed by atoms with Crippen LogP contribution in [0.25, 0.3) is 0 Å². The summed E-state index contributed by atoms with van der Waals surface area (Å²) in [6, 6.07) is 2.45. The fraction of sp³-hybridized carbons (Fsp3) is 0.429. The van der Waals surface area contributed by atoms with Crippen molar-refractivity contribution < 1.29 is 63.9 Å². The van der Waals surface area contributed by atoms with E-state index in [-0.39, 0.29) is 32.5 Å². The molecular weight excluding hydrogens is 614 g/mol. The number of benzene rings is 1. The number of hydrogen-bond acceptors (Lipinski definition) is 11. The summed E-state index contributed by atoms with van der Waals surface area (Å²) in [5.41, 5.74) is 0.913. The zero-order chi connectivity index (χ0) is 34.6. The molecule has 0 saturated carbocycles. The second kappa shape index (κ2) is 17.3. The molecule has 0 spiro atoms. The minimum atomic E-state index is -1.98. The van der Waals surface area contributed by atoms with Crippen molar-refractivity contribution in [2.24, 2.45) is 0 Å². The van der Waals surface area contributed by atoms with Gasteiger partial charge in [-0.05, 0) is 31.0 Å². The molecule has 2 unspecified atom stereocenters. The highest BCUT2D eigenvalue weighted by Gasteiger charge is 2.30. The van der Waals surface area contributed by atoms with E-state index in [9.17, 15) is 53.7 Å². The summed E-state index contributed by atoms with van der Waals surface area (Å²) >= 11 is 0. The van der Waals surface area contributed by atoms with Crippen LogP contribution in [0.15, 0.2) is 36.4 Å². The highest BCUT2D eigenvalue weighted by atomic mass is 16.4. The molecule has 0 aliphatic carbocycles. The summed E-state index contributed by atoms with van der Waals surface area (Å²) in [7, 11) is 0. The van der Waals surface area contributed by atoms with E-state index in [1.807, 2.05) is 0 Å². The van der Waals surface area contributed by atoms with Crippen LogP contribution in [0.4, 0.5) is 5.69 Å². The number of nitrogens with one attached hydrogen (secondary N) is 2. The van der Waals surface area contributed by atoms with Crippen LogP contribution in [0.1, 0.15) is 18.9 Å². The first kappa shape index (κ1) is 37.0. The third kappa shape index (κ3) is 12.4. The quantitative estimate of drug-likeness (QED) is 0.0573. The first-order valence-electron chi connectivity index (χ1n) is 13.8. The van der Waals surface area contributed by atoms with Gasteiger partial charge in [-0.1, -0.05) is 12.1 Å². The molecule has 0 bridgehead atoms. The van der Waals surface area contributed by atoms with Crippen LogP contribution in [0.3, 0.4) is 0 Å². The second-order valence-electron chi connectivity index (χ2n) is 10.5. The average molecular weight is 650 g/mol. The molecule has 0 radical (unpaired) electrons. The Kier molecular flexibility index (Phi) is 13.9. The van der Waals surface area contributed by atoms with Crippen molar-refractivity contribution in [3.63, 3.8) is 0 Å². The highest BCUT2D eigenvalue weighted by molar-refractivity contribution is 6.13. The molecule has 2 rings (SSSR count). The molecule has 1 aliphatic heterocycles. The molecule has 7 N–H and O–H groups in total. The number of amides is 3. The van der Waals surface area contributed by atoms with Crippen LogP contribution < -0.4 is 10.6 Å². The molecule has 1 aliphatic rings. The Morgan fingerprint density at radius 2 is 1.30 bits per heavy atom. The largest absolute Gasteiger partial charge is 0.480 e. The first-order chi connectivity index (χ1) is 21.5. The maximum absolute atomic E-state index is 12.4.